The molecule has 0 atom stereocenters. The summed E-state index contributed by atoms with van der Waals surface area (Å²) in [5.74, 6) is 10.3. The van der Waals surface area contributed by atoms with E-state index >= 15 is 0 Å². The van der Waals surface area contributed by atoms with Gasteiger partial charge in [0.25, 0.3) is 6.29 Å². The van der Waals surface area contributed by atoms with Gasteiger partial charge < -0.3 is 0 Å². The zero-order chi connectivity index (χ0) is 17.6. The van der Waals surface area contributed by atoms with Crippen LogP contribution >= 0.6 is 0 Å². The molecule has 0 aromatic heterocycles. The molecule has 0 aliphatic rings. The third-order valence-corrected chi connectivity index (χ3v) is 4.42. The highest BCUT2D eigenvalue weighted by molar-refractivity contribution is 5.74. The summed E-state index contributed by atoms with van der Waals surface area (Å²) in [6, 6.07) is 0. The van der Waals surface area contributed by atoms with Crippen molar-refractivity contribution in [1.29, 1.82) is 0 Å². The van der Waals surface area contributed by atoms with Crippen molar-refractivity contribution in [3.05, 3.63) is 0 Å². The van der Waals surface area contributed by atoms with Crippen LogP contribution in [-0.4, -0.2) is 6.29 Å². The Balaban J connectivity index is 3.07. The van der Waals surface area contributed by atoms with Crippen LogP contribution in [0.2, 0.25) is 0 Å². The van der Waals surface area contributed by atoms with Crippen molar-refractivity contribution in [2.75, 3.05) is 0 Å². The topological polar surface area (TPSA) is 17.1 Å². The van der Waals surface area contributed by atoms with Crippen LogP contribution in [0, 0.1) is 23.7 Å². The van der Waals surface area contributed by atoms with Crippen molar-refractivity contribution >= 4 is 6.29 Å². The molecule has 0 aromatic carbocycles. The Morgan fingerprint density at radius 2 is 0.917 bits per heavy atom. The van der Waals surface area contributed by atoms with Crippen molar-refractivity contribution < 1.29 is 4.79 Å². The van der Waals surface area contributed by atoms with Crippen LogP contribution in [0.3, 0.4) is 0 Å². The van der Waals surface area contributed by atoms with Crippen molar-refractivity contribution in [3.8, 4) is 23.7 Å². The molecule has 0 aliphatic carbocycles. The number of hydrogen-bond donors (Lipinski definition) is 0. The third-order valence-electron chi connectivity index (χ3n) is 4.42. The van der Waals surface area contributed by atoms with Crippen molar-refractivity contribution in [1.82, 2.24) is 0 Å². The van der Waals surface area contributed by atoms with E-state index < -0.39 is 0 Å². The minimum Gasteiger partial charge on any atom is -0.275 e. The molecular weight excluding hydrogens is 292 g/mol. The van der Waals surface area contributed by atoms with Crippen LogP contribution in [0.1, 0.15) is 116 Å². The normalized spacial score (nSPS) is 9.71. The molecular formula is C23H37O. The largest absolute Gasteiger partial charge is 0.285 e. The average Bonchev–Trinajstić information content (AvgIpc) is 2.60. The van der Waals surface area contributed by atoms with Gasteiger partial charge in [-0.15, -0.1) is 0 Å². The highest BCUT2D eigenvalue weighted by Gasteiger charge is 1.94. The lowest BCUT2D eigenvalue weighted by molar-refractivity contribution is 0.530. The lowest BCUT2D eigenvalue weighted by Crippen LogP contribution is -1.83. The number of unbranched alkanes of at least 4 members (excludes halogenated alkanes) is 16. The first-order valence-corrected chi connectivity index (χ1v) is 10.3. The van der Waals surface area contributed by atoms with Crippen LogP contribution < -0.4 is 0 Å². The summed E-state index contributed by atoms with van der Waals surface area (Å²) in [6.07, 6.45) is 24.6. The second-order valence-corrected chi connectivity index (χ2v) is 6.71. The van der Waals surface area contributed by atoms with Crippen LogP contribution in [0.5, 0.6) is 0 Å². The third kappa shape index (κ3) is 20.8. The Morgan fingerprint density at radius 3 is 1.33 bits per heavy atom. The molecule has 0 rings (SSSR count). The molecule has 0 N–H and O–H groups in total. The number of hydrogen-bond acceptors (Lipinski definition) is 1. The predicted octanol–water partition coefficient (Wildman–Crippen LogP) is 6.75. The molecule has 1 heteroatoms. The Bertz CT molecular complexity index is 374. The van der Waals surface area contributed by atoms with E-state index in [9.17, 15) is 4.79 Å². The summed E-state index contributed by atoms with van der Waals surface area (Å²) < 4.78 is 0. The minimum absolute atomic E-state index is 0.895. The molecule has 0 bridgehead atoms. The lowest BCUT2D eigenvalue weighted by atomic mass is 10.0. The molecule has 0 spiro atoms. The van der Waals surface area contributed by atoms with Gasteiger partial charge in [0.1, 0.15) is 0 Å². The highest BCUT2D eigenvalue weighted by atomic mass is 16.1. The van der Waals surface area contributed by atoms with Gasteiger partial charge in [0.05, 0.1) is 0 Å². The van der Waals surface area contributed by atoms with Gasteiger partial charge in [-0.05, 0) is 24.2 Å². The summed E-state index contributed by atoms with van der Waals surface area (Å²) >= 11 is 0. The fourth-order valence-corrected chi connectivity index (χ4v) is 2.92. The van der Waals surface area contributed by atoms with Gasteiger partial charge in [0.15, 0.2) is 0 Å². The SMILES string of the molecule is CCCCCCCCCCCCCCCCCCC#CC#C[C]=O. The van der Waals surface area contributed by atoms with Gasteiger partial charge in [-0.3, -0.25) is 4.79 Å². The molecule has 135 valence electrons. The Hall–Kier alpha value is -1.21. The maximum Gasteiger partial charge on any atom is 0.285 e. The Kier molecular flexibility index (Phi) is 20.7. The monoisotopic (exact) mass is 329 g/mol. The Morgan fingerprint density at radius 1 is 0.500 bits per heavy atom. The van der Waals surface area contributed by atoms with Gasteiger partial charge in [-0.1, -0.05) is 109 Å². The molecule has 0 amide bonds. The predicted molar refractivity (Wildman–Crippen MR) is 105 cm³/mol. The molecule has 0 aliphatic heterocycles. The maximum atomic E-state index is 9.83. The fourth-order valence-electron chi connectivity index (χ4n) is 2.92. The molecule has 0 unspecified atom stereocenters. The van der Waals surface area contributed by atoms with Crippen molar-refractivity contribution in [2.24, 2.45) is 0 Å². The van der Waals surface area contributed by atoms with E-state index in [0.717, 1.165) is 12.8 Å². The first-order chi connectivity index (χ1) is 11.9. The second kappa shape index (κ2) is 21.8. The average molecular weight is 330 g/mol. The van der Waals surface area contributed by atoms with E-state index in [0.29, 0.717) is 0 Å². The summed E-state index contributed by atoms with van der Waals surface area (Å²) in [6.45, 7) is 2.28. The van der Waals surface area contributed by atoms with E-state index in [4.69, 9.17) is 0 Å². The van der Waals surface area contributed by atoms with E-state index in [1.165, 1.54) is 103 Å². The smallest absolute Gasteiger partial charge is 0.275 e. The first-order valence-electron chi connectivity index (χ1n) is 10.3. The molecule has 1 nitrogen and oxygen atoms in total. The summed E-state index contributed by atoms with van der Waals surface area (Å²) in [4.78, 5) is 9.83. The second-order valence-electron chi connectivity index (χ2n) is 6.71. The summed E-state index contributed by atoms with van der Waals surface area (Å²) in [7, 11) is 0. The van der Waals surface area contributed by atoms with Crippen LogP contribution in [0.4, 0.5) is 0 Å². The zero-order valence-electron chi connectivity index (χ0n) is 15.9. The fraction of sp³-hybridized carbons (Fsp3) is 0.783. The van der Waals surface area contributed by atoms with Gasteiger partial charge in [0, 0.05) is 6.42 Å². The van der Waals surface area contributed by atoms with Crippen LogP contribution in [-0.2, 0) is 4.79 Å². The molecule has 24 heavy (non-hydrogen) atoms. The highest BCUT2D eigenvalue weighted by Crippen LogP contribution is 2.13. The quantitative estimate of drug-likeness (QED) is 0.226. The molecule has 1 radical (unpaired) electrons. The lowest BCUT2D eigenvalue weighted by Gasteiger charge is -2.03. The minimum atomic E-state index is 0.895. The van der Waals surface area contributed by atoms with Crippen LogP contribution in [0.25, 0.3) is 0 Å². The van der Waals surface area contributed by atoms with Crippen molar-refractivity contribution in [3.63, 3.8) is 0 Å². The zero-order valence-corrected chi connectivity index (χ0v) is 15.9. The van der Waals surface area contributed by atoms with E-state index in [2.05, 4.69) is 30.6 Å². The van der Waals surface area contributed by atoms with Gasteiger partial charge >= 0.3 is 0 Å². The summed E-state index contributed by atoms with van der Waals surface area (Å²) in [5.41, 5.74) is 0. The van der Waals surface area contributed by atoms with Gasteiger partial charge in [-0.2, -0.15) is 0 Å². The van der Waals surface area contributed by atoms with Crippen LogP contribution in [0.15, 0.2) is 0 Å². The van der Waals surface area contributed by atoms with E-state index in [-0.39, 0.29) is 0 Å². The van der Waals surface area contributed by atoms with Gasteiger partial charge in [-0.25, -0.2) is 0 Å². The first kappa shape index (κ1) is 22.8. The molecule has 0 heterocycles. The maximum absolute atomic E-state index is 9.83. The van der Waals surface area contributed by atoms with Gasteiger partial charge in [0.2, 0.25) is 0 Å². The molecule has 0 saturated heterocycles. The van der Waals surface area contributed by atoms with E-state index in [1.807, 2.05) is 0 Å². The summed E-state index contributed by atoms with van der Waals surface area (Å²) in [5, 5.41) is 0. The molecule has 0 saturated carbocycles. The number of rotatable bonds is 16. The standard InChI is InChI=1S/C23H37O/c1-2-3-4-5-6-7-8-9-10-11-12-13-14-15-16-17-18-19-20-21-22-23-24/h2-18H2,1H3. The van der Waals surface area contributed by atoms with E-state index in [1.54, 1.807) is 0 Å². The number of carbonyl (C=O) groups excluding carboxylic acids is 1. The Labute approximate surface area is 151 Å². The molecule has 0 fully saturated rings. The van der Waals surface area contributed by atoms with Crippen molar-refractivity contribution in [2.45, 2.75) is 116 Å². The molecule has 0 aromatic rings.